The molecule has 0 bridgehead atoms. The molecule has 2 aliphatic heterocycles. The van der Waals surface area contributed by atoms with Crippen molar-refractivity contribution in [3.8, 4) is 67.5 Å². The number of hydrogen-bond donors (Lipinski definition) is 1. The number of phenols is 1. The van der Waals surface area contributed by atoms with E-state index in [4.69, 9.17) is 9.97 Å². The van der Waals surface area contributed by atoms with Gasteiger partial charge in [0.2, 0.25) is 0 Å². The summed E-state index contributed by atoms with van der Waals surface area (Å²) in [7, 11) is 0. The molecule has 0 saturated carbocycles. The molecule has 0 atom stereocenters. The van der Waals surface area contributed by atoms with Crippen LogP contribution in [0.1, 0.15) is 24.0 Å². The van der Waals surface area contributed by atoms with Crippen molar-refractivity contribution < 1.29 is 26.2 Å². The Morgan fingerprint density at radius 2 is 1.30 bits per heavy atom. The maximum atomic E-state index is 12.1. The number of pyridine rings is 1. The fourth-order valence-corrected chi connectivity index (χ4v) is 8.39. The largest absolute Gasteiger partial charge is 0.507 e. The Balaban J connectivity index is 0.00000384. The Bertz CT molecular complexity index is 2630. The van der Waals surface area contributed by atoms with Gasteiger partial charge in [-0.2, -0.15) is 0 Å². The van der Waals surface area contributed by atoms with E-state index >= 15 is 0 Å². The third-order valence-corrected chi connectivity index (χ3v) is 10.8. The van der Waals surface area contributed by atoms with Crippen molar-refractivity contribution in [3.63, 3.8) is 0 Å². The third-order valence-electron chi connectivity index (χ3n) is 10.8. The van der Waals surface area contributed by atoms with Crippen molar-refractivity contribution in [2.75, 3.05) is 18.0 Å². The summed E-state index contributed by atoms with van der Waals surface area (Å²) in [6, 6.07) is 52.3. The van der Waals surface area contributed by atoms with E-state index in [1.807, 2.05) is 24.4 Å². The van der Waals surface area contributed by atoms with Crippen LogP contribution in [0.3, 0.4) is 0 Å². The molecule has 0 amide bonds. The molecule has 0 fully saturated rings. The van der Waals surface area contributed by atoms with Gasteiger partial charge in [0.1, 0.15) is 11.6 Å². The van der Waals surface area contributed by atoms with Gasteiger partial charge in [0.25, 0.3) is 0 Å². The second-order valence-corrected chi connectivity index (χ2v) is 14.1. The first-order valence-corrected chi connectivity index (χ1v) is 18.5. The maximum absolute atomic E-state index is 12.1. The van der Waals surface area contributed by atoms with Gasteiger partial charge in [-0.15, -0.1) is 23.8 Å². The Hall–Kier alpha value is -5.77. The van der Waals surface area contributed by atoms with Crippen LogP contribution in [0.15, 0.2) is 146 Å². The molecule has 10 rings (SSSR count). The van der Waals surface area contributed by atoms with Crippen LogP contribution in [-0.2, 0) is 33.9 Å². The molecule has 8 aromatic rings. The van der Waals surface area contributed by atoms with E-state index in [1.54, 1.807) is 0 Å². The molecule has 266 valence electrons. The second-order valence-electron chi connectivity index (χ2n) is 14.1. The molecule has 0 saturated heterocycles. The van der Waals surface area contributed by atoms with Crippen molar-refractivity contribution in [1.82, 2.24) is 14.5 Å². The summed E-state index contributed by atoms with van der Waals surface area (Å²) in [5, 5.41) is 12.1. The number of rotatable bonds is 6. The Morgan fingerprint density at radius 1 is 0.611 bits per heavy atom. The topological polar surface area (TPSA) is 54.2 Å². The van der Waals surface area contributed by atoms with Gasteiger partial charge in [0.05, 0.1) is 16.6 Å². The van der Waals surface area contributed by atoms with E-state index in [1.165, 1.54) is 11.3 Å². The third kappa shape index (κ3) is 5.93. The molecule has 0 spiro atoms. The molecular weight excluding hydrogens is 844 g/mol. The first kappa shape index (κ1) is 34.0. The second kappa shape index (κ2) is 14.2. The normalized spacial score (nSPS) is 13.4. The smallest absolute Gasteiger partial charge is 0.148 e. The van der Waals surface area contributed by atoms with Crippen molar-refractivity contribution >= 4 is 16.7 Å². The molecule has 5 nitrogen and oxygen atoms in total. The van der Waals surface area contributed by atoms with Crippen molar-refractivity contribution in [2.24, 2.45) is 0 Å². The molecule has 0 unspecified atom stereocenters. The molecule has 0 aliphatic carbocycles. The first-order chi connectivity index (χ1) is 26.2. The number of aromatic hydroxyl groups is 1. The van der Waals surface area contributed by atoms with Gasteiger partial charge in [-0.25, -0.2) is 4.98 Å². The van der Waals surface area contributed by atoms with Gasteiger partial charge in [-0.05, 0) is 78.3 Å². The van der Waals surface area contributed by atoms with Crippen LogP contribution >= 0.6 is 0 Å². The SMILES string of the molecule is Oc1c(-c2nc3c(-c4[c-]c(-c5cc(-c6ccccc6)ccn5)cc(-c5ccccc5)c4)cccc3n2-c2ccccc2)cc2c3c1CCCN3CCC2.[Pt]. The number of fused-ring (bicyclic) bond motifs is 1. The summed E-state index contributed by atoms with van der Waals surface area (Å²) in [5.41, 5.74) is 15.4. The zero-order chi connectivity index (χ0) is 35.3. The van der Waals surface area contributed by atoms with Gasteiger partial charge in [-0.1, -0.05) is 114 Å². The molecule has 2 aliphatic rings. The number of nitrogens with zero attached hydrogens (tertiary/aromatic N) is 4. The van der Waals surface area contributed by atoms with Crippen molar-refractivity contribution in [2.45, 2.75) is 25.7 Å². The summed E-state index contributed by atoms with van der Waals surface area (Å²) in [6.07, 6.45) is 5.93. The zero-order valence-corrected chi connectivity index (χ0v) is 31.9. The van der Waals surface area contributed by atoms with Crippen LogP contribution in [0.5, 0.6) is 5.75 Å². The number of hydrogen-bond acceptors (Lipinski definition) is 4. The van der Waals surface area contributed by atoms with Crippen LogP contribution in [0.25, 0.3) is 72.7 Å². The van der Waals surface area contributed by atoms with E-state index in [-0.39, 0.29) is 21.1 Å². The minimum absolute atomic E-state index is 0. The predicted molar refractivity (Wildman–Crippen MR) is 215 cm³/mol. The molecule has 2 aromatic heterocycles. The first-order valence-electron chi connectivity index (χ1n) is 18.5. The number of aromatic nitrogens is 3. The van der Waals surface area contributed by atoms with Crippen LogP contribution in [0.2, 0.25) is 0 Å². The zero-order valence-electron chi connectivity index (χ0n) is 29.7. The van der Waals surface area contributed by atoms with E-state index in [9.17, 15) is 5.11 Å². The number of phenolic OH excluding ortho intramolecular Hbond substituents is 1. The Morgan fingerprint density at radius 3 is 2.06 bits per heavy atom. The molecule has 6 heteroatoms. The summed E-state index contributed by atoms with van der Waals surface area (Å²) in [6.45, 7) is 2.11. The molecule has 4 heterocycles. The van der Waals surface area contributed by atoms with Gasteiger partial charge < -0.3 is 10.0 Å². The van der Waals surface area contributed by atoms with Gasteiger partial charge >= 0.3 is 0 Å². The maximum Gasteiger partial charge on any atom is 0.148 e. The van der Waals surface area contributed by atoms with E-state index in [0.717, 1.165) is 117 Å². The van der Waals surface area contributed by atoms with E-state index < -0.39 is 0 Å². The number of para-hydroxylation sites is 2. The standard InChI is InChI=1S/C48H37N4O.Pt/c53-47-41-21-12-26-51-25-11-17-35(46(41)51)30-42(47)48-50-45-40(20-10-22-44(45)52(48)39-18-8-3-9-19-39)37-27-36(33-15-6-2-7-16-33)28-38(29-37)43-31-34(23-24-49-43)32-13-4-1-5-14-32;/h1-10,13-16,18-20,22-24,27-28,30-31,53H,11-12,17,21,25-26H2;/q-1;. The average molecular weight is 881 g/mol. The quantitative estimate of drug-likeness (QED) is 0.169. The number of benzene rings is 6. The predicted octanol–water partition coefficient (Wildman–Crippen LogP) is 11.0. The molecule has 54 heavy (non-hydrogen) atoms. The average Bonchev–Trinajstić information content (AvgIpc) is 3.63. The van der Waals surface area contributed by atoms with Gasteiger partial charge in [0.15, 0.2) is 0 Å². The summed E-state index contributed by atoms with van der Waals surface area (Å²) >= 11 is 0. The summed E-state index contributed by atoms with van der Waals surface area (Å²) < 4.78 is 2.21. The molecule has 1 N–H and O–H groups in total. The monoisotopic (exact) mass is 880 g/mol. The number of imidazole rings is 1. The summed E-state index contributed by atoms with van der Waals surface area (Å²) in [4.78, 5) is 12.8. The van der Waals surface area contributed by atoms with Gasteiger partial charge in [-0.3, -0.25) is 9.55 Å². The fourth-order valence-electron chi connectivity index (χ4n) is 8.39. The van der Waals surface area contributed by atoms with Crippen LogP contribution in [0.4, 0.5) is 5.69 Å². The minimum Gasteiger partial charge on any atom is -0.507 e. The van der Waals surface area contributed by atoms with Crippen molar-refractivity contribution in [1.29, 1.82) is 0 Å². The van der Waals surface area contributed by atoms with Crippen molar-refractivity contribution in [3.05, 3.63) is 163 Å². The number of aryl methyl sites for hydroxylation is 1. The van der Waals surface area contributed by atoms with E-state index in [0.29, 0.717) is 5.75 Å². The molecular formula is C48H37N4OPt-. The fraction of sp³-hybridized carbons (Fsp3) is 0.125. The van der Waals surface area contributed by atoms with E-state index in [2.05, 4.69) is 137 Å². The minimum atomic E-state index is 0. The molecule has 6 aromatic carbocycles. The van der Waals surface area contributed by atoms with Crippen LogP contribution in [-0.4, -0.2) is 32.7 Å². The molecule has 0 radical (unpaired) electrons. The van der Waals surface area contributed by atoms with Crippen LogP contribution in [0, 0.1) is 6.07 Å². The summed E-state index contributed by atoms with van der Waals surface area (Å²) in [5.74, 6) is 1.10. The Kier molecular flexibility index (Phi) is 8.96. The van der Waals surface area contributed by atoms with Crippen LogP contribution < -0.4 is 4.90 Å². The number of anilines is 1. The van der Waals surface area contributed by atoms with Gasteiger partial charge in [0, 0.05) is 63.0 Å². The Labute approximate surface area is 329 Å².